The van der Waals surface area contributed by atoms with Crippen LogP contribution in [0.4, 0.5) is 0 Å². The van der Waals surface area contributed by atoms with Crippen LogP contribution in [0.2, 0.25) is 0 Å². The third kappa shape index (κ3) is 3.76. The first-order chi connectivity index (χ1) is 9.99. The fourth-order valence-electron chi connectivity index (χ4n) is 2.59. The highest BCUT2D eigenvalue weighted by Crippen LogP contribution is 2.31. The predicted molar refractivity (Wildman–Crippen MR) is 85.3 cm³/mol. The summed E-state index contributed by atoms with van der Waals surface area (Å²) in [7, 11) is 0. The third-order valence-corrected chi connectivity index (χ3v) is 3.74. The minimum atomic E-state index is -0.0155. The Labute approximate surface area is 126 Å². The van der Waals surface area contributed by atoms with Crippen molar-refractivity contribution in [3.8, 4) is 11.5 Å². The molecule has 0 saturated heterocycles. The minimum Gasteiger partial charge on any atom is -0.508 e. The molecule has 2 aromatic rings. The van der Waals surface area contributed by atoms with Crippen LogP contribution in [0, 0.1) is 5.92 Å². The molecule has 0 amide bonds. The Bertz CT molecular complexity index is 581. The summed E-state index contributed by atoms with van der Waals surface area (Å²) in [5.74, 6) is 0.617. The molecule has 0 radical (unpaired) electrons. The first-order valence-electron chi connectivity index (χ1n) is 7.32. The van der Waals surface area contributed by atoms with E-state index in [0.717, 1.165) is 5.56 Å². The molecule has 3 heteroatoms. The van der Waals surface area contributed by atoms with Gasteiger partial charge in [0, 0.05) is 23.7 Å². The fraction of sp³-hybridized carbons (Fsp3) is 0.333. The summed E-state index contributed by atoms with van der Waals surface area (Å²) in [6.45, 7) is 6.37. The maximum Gasteiger partial charge on any atom is 0.124 e. The van der Waals surface area contributed by atoms with Gasteiger partial charge in [-0.15, -0.1) is 0 Å². The lowest BCUT2D eigenvalue weighted by atomic mass is 9.94. The highest BCUT2D eigenvalue weighted by molar-refractivity contribution is 5.40. The number of phenols is 2. The first-order valence-corrected chi connectivity index (χ1v) is 7.32. The SMILES string of the molecule is CC(NC(c1ccccc1)C(C)C)c1ccc(O)cc1O. The lowest BCUT2D eigenvalue weighted by Gasteiger charge is -2.27. The lowest BCUT2D eigenvalue weighted by Crippen LogP contribution is -2.28. The average molecular weight is 285 g/mol. The quantitative estimate of drug-likeness (QED) is 0.773. The van der Waals surface area contributed by atoms with Gasteiger partial charge in [0.15, 0.2) is 0 Å². The molecule has 0 heterocycles. The number of rotatable bonds is 5. The molecule has 0 aliphatic heterocycles. The van der Waals surface area contributed by atoms with Gasteiger partial charge in [0.05, 0.1) is 0 Å². The molecule has 112 valence electrons. The van der Waals surface area contributed by atoms with Crippen LogP contribution < -0.4 is 5.32 Å². The molecular formula is C18H23NO2. The Morgan fingerprint density at radius 1 is 0.905 bits per heavy atom. The van der Waals surface area contributed by atoms with E-state index in [4.69, 9.17) is 0 Å². The zero-order chi connectivity index (χ0) is 15.4. The van der Waals surface area contributed by atoms with Gasteiger partial charge in [-0.25, -0.2) is 0 Å². The van der Waals surface area contributed by atoms with Gasteiger partial charge in [-0.3, -0.25) is 0 Å². The molecule has 2 unspecified atom stereocenters. The summed E-state index contributed by atoms with van der Waals surface area (Å²) in [6, 6.07) is 15.2. The second-order valence-corrected chi connectivity index (χ2v) is 5.76. The van der Waals surface area contributed by atoms with Crippen molar-refractivity contribution in [2.45, 2.75) is 32.9 Å². The molecule has 0 aliphatic carbocycles. The molecule has 21 heavy (non-hydrogen) atoms. The summed E-state index contributed by atoms with van der Waals surface area (Å²) in [5.41, 5.74) is 2.02. The minimum absolute atomic E-state index is 0.0155. The smallest absolute Gasteiger partial charge is 0.124 e. The fourth-order valence-corrected chi connectivity index (χ4v) is 2.59. The van der Waals surface area contributed by atoms with Gasteiger partial charge in [0.25, 0.3) is 0 Å². The van der Waals surface area contributed by atoms with E-state index in [1.807, 2.05) is 25.1 Å². The van der Waals surface area contributed by atoms with Crippen molar-refractivity contribution in [2.24, 2.45) is 5.92 Å². The predicted octanol–water partition coefficient (Wildman–Crippen LogP) is 4.15. The van der Waals surface area contributed by atoms with Crippen LogP contribution in [-0.4, -0.2) is 10.2 Å². The topological polar surface area (TPSA) is 52.5 Å². The molecule has 3 nitrogen and oxygen atoms in total. The van der Waals surface area contributed by atoms with E-state index >= 15 is 0 Å². The second-order valence-electron chi connectivity index (χ2n) is 5.76. The highest BCUT2D eigenvalue weighted by Gasteiger charge is 2.20. The van der Waals surface area contributed by atoms with Crippen LogP contribution in [-0.2, 0) is 0 Å². The highest BCUT2D eigenvalue weighted by atomic mass is 16.3. The van der Waals surface area contributed by atoms with Crippen LogP contribution in [0.3, 0.4) is 0 Å². The van der Waals surface area contributed by atoms with Crippen molar-refractivity contribution in [2.75, 3.05) is 0 Å². The molecule has 0 bridgehead atoms. The largest absolute Gasteiger partial charge is 0.508 e. The molecule has 2 atom stereocenters. The molecular weight excluding hydrogens is 262 g/mol. The van der Waals surface area contributed by atoms with Crippen LogP contribution in [0.25, 0.3) is 0 Å². The normalized spacial score (nSPS) is 14.1. The molecule has 2 rings (SSSR count). The van der Waals surface area contributed by atoms with Crippen molar-refractivity contribution in [3.63, 3.8) is 0 Å². The number of hydrogen-bond donors (Lipinski definition) is 3. The van der Waals surface area contributed by atoms with E-state index in [2.05, 4.69) is 31.3 Å². The number of hydrogen-bond acceptors (Lipinski definition) is 3. The molecule has 2 aromatic carbocycles. The Hall–Kier alpha value is -2.00. The van der Waals surface area contributed by atoms with Gasteiger partial charge >= 0.3 is 0 Å². The third-order valence-electron chi connectivity index (χ3n) is 3.74. The maximum atomic E-state index is 9.98. The van der Waals surface area contributed by atoms with Crippen molar-refractivity contribution < 1.29 is 10.2 Å². The van der Waals surface area contributed by atoms with Gasteiger partial charge in [0.2, 0.25) is 0 Å². The van der Waals surface area contributed by atoms with Crippen molar-refractivity contribution in [3.05, 3.63) is 59.7 Å². The van der Waals surface area contributed by atoms with Gasteiger partial charge < -0.3 is 15.5 Å². The van der Waals surface area contributed by atoms with Gasteiger partial charge in [-0.1, -0.05) is 50.2 Å². The van der Waals surface area contributed by atoms with Gasteiger partial charge in [-0.2, -0.15) is 0 Å². The standard InChI is InChI=1S/C18H23NO2/c1-12(2)18(14-7-5-4-6-8-14)19-13(3)16-10-9-15(20)11-17(16)21/h4-13,18-21H,1-3H3. The number of phenolic OH excluding ortho intramolecular Hbond substituents is 2. The van der Waals surface area contributed by atoms with E-state index < -0.39 is 0 Å². The molecule has 3 N–H and O–H groups in total. The summed E-state index contributed by atoms with van der Waals surface area (Å²) in [4.78, 5) is 0. The Kier molecular flexibility index (Phi) is 4.86. The average Bonchev–Trinajstić information content (AvgIpc) is 2.45. The molecule has 0 aliphatic rings. The Balaban J connectivity index is 2.21. The zero-order valence-electron chi connectivity index (χ0n) is 12.7. The van der Waals surface area contributed by atoms with Crippen molar-refractivity contribution in [1.82, 2.24) is 5.32 Å². The van der Waals surface area contributed by atoms with Crippen molar-refractivity contribution in [1.29, 1.82) is 0 Å². The van der Waals surface area contributed by atoms with E-state index in [1.54, 1.807) is 12.1 Å². The lowest BCUT2D eigenvalue weighted by molar-refractivity contribution is 0.365. The number of nitrogens with one attached hydrogen (secondary N) is 1. The maximum absolute atomic E-state index is 9.98. The van der Waals surface area contributed by atoms with Gasteiger partial charge in [-0.05, 0) is 24.5 Å². The molecule has 0 spiro atoms. The number of benzene rings is 2. The van der Waals surface area contributed by atoms with E-state index in [0.29, 0.717) is 5.92 Å². The first kappa shape index (κ1) is 15.4. The van der Waals surface area contributed by atoms with Crippen LogP contribution in [0.5, 0.6) is 11.5 Å². The molecule has 0 aromatic heterocycles. The summed E-state index contributed by atoms with van der Waals surface area (Å²) >= 11 is 0. The van der Waals surface area contributed by atoms with Crippen LogP contribution in [0.15, 0.2) is 48.5 Å². The van der Waals surface area contributed by atoms with E-state index in [1.165, 1.54) is 11.6 Å². The van der Waals surface area contributed by atoms with Crippen LogP contribution in [0.1, 0.15) is 44.0 Å². The molecule has 0 saturated carbocycles. The second kappa shape index (κ2) is 6.64. The van der Waals surface area contributed by atoms with E-state index in [9.17, 15) is 10.2 Å². The summed E-state index contributed by atoms with van der Waals surface area (Å²) < 4.78 is 0. The number of aromatic hydroxyl groups is 2. The van der Waals surface area contributed by atoms with Crippen LogP contribution >= 0.6 is 0 Å². The summed E-state index contributed by atoms with van der Waals surface area (Å²) in [5, 5.41) is 22.9. The van der Waals surface area contributed by atoms with Gasteiger partial charge in [0.1, 0.15) is 11.5 Å². The Morgan fingerprint density at radius 3 is 2.14 bits per heavy atom. The zero-order valence-corrected chi connectivity index (χ0v) is 12.7. The van der Waals surface area contributed by atoms with Crippen molar-refractivity contribution >= 4 is 0 Å². The van der Waals surface area contributed by atoms with E-state index in [-0.39, 0.29) is 23.6 Å². The molecule has 0 fully saturated rings. The Morgan fingerprint density at radius 2 is 1.57 bits per heavy atom. The monoisotopic (exact) mass is 285 g/mol. The summed E-state index contributed by atoms with van der Waals surface area (Å²) in [6.07, 6.45) is 0.